The van der Waals surface area contributed by atoms with Crippen LogP contribution in [0.4, 0.5) is 0 Å². The van der Waals surface area contributed by atoms with E-state index in [0.717, 1.165) is 5.56 Å². The number of aliphatic hydroxyl groups is 2. The Morgan fingerprint density at radius 1 is 0.967 bits per heavy atom. The summed E-state index contributed by atoms with van der Waals surface area (Å²) >= 11 is 0. The highest BCUT2D eigenvalue weighted by Gasteiger charge is 2.29. The van der Waals surface area contributed by atoms with E-state index in [-0.39, 0.29) is 6.42 Å². The monoisotopic (exact) mass is 424 g/mol. The third-order valence-corrected chi connectivity index (χ3v) is 4.25. The van der Waals surface area contributed by atoms with Gasteiger partial charge in [0.2, 0.25) is 17.7 Å². The lowest BCUT2D eigenvalue weighted by Gasteiger charge is -2.23. The van der Waals surface area contributed by atoms with E-state index >= 15 is 0 Å². The molecule has 0 radical (unpaired) electrons. The van der Waals surface area contributed by atoms with Crippen LogP contribution in [0.5, 0.6) is 0 Å². The number of carboxylic acids is 1. The predicted molar refractivity (Wildman–Crippen MR) is 106 cm³/mol. The van der Waals surface area contributed by atoms with Gasteiger partial charge in [0, 0.05) is 0 Å². The minimum absolute atomic E-state index is 0.223. The minimum Gasteiger partial charge on any atom is -0.480 e. The highest BCUT2D eigenvalue weighted by Crippen LogP contribution is 2.02. The van der Waals surface area contributed by atoms with E-state index in [1.165, 1.54) is 13.8 Å². The Kier molecular flexibility index (Phi) is 9.89. The first-order valence-corrected chi connectivity index (χ1v) is 9.29. The summed E-state index contributed by atoms with van der Waals surface area (Å²) in [4.78, 5) is 47.6. The van der Waals surface area contributed by atoms with Gasteiger partial charge < -0.3 is 37.0 Å². The third kappa shape index (κ3) is 7.78. The van der Waals surface area contributed by atoms with Gasteiger partial charge in [0.1, 0.15) is 12.1 Å². The average Bonchev–Trinajstić information content (AvgIpc) is 2.69. The van der Waals surface area contributed by atoms with Crippen molar-refractivity contribution in [3.05, 3.63) is 35.9 Å². The first-order chi connectivity index (χ1) is 14.1. The molecule has 0 saturated carbocycles. The first kappa shape index (κ1) is 25.0. The van der Waals surface area contributed by atoms with Crippen LogP contribution < -0.4 is 21.7 Å². The molecule has 0 unspecified atom stereocenters. The predicted octanol–water partition coefficient (Wildman–Crippen LogP) is -2.51. The van der Waals surface area contributed by atoms with Crippen molar-refractivity contribution in [3.63, 3.8) is 0 Å². The average molecular weight is 424 g/mol. The molecule has 3 amide bonds. The minimum atomic E-state index is -1.55. The zero-order chi connectivity index (χ0) is 22.8. The van der Waals surface area contributed by atoms with Crippen LogP contribution in [0.1, 0.15) is 19.4 Å². The fraction of sp³-hybridized carbons (Fsp3) is 0.474. The number of hydrogen-bond donors (Lipinski definition) is 7. The number of nitrogens with one attached hydrogen (secondary N) is 3. The maximum Gasteiger partial charge on any atom is 0.328 e. The fourth-order valence-electron chi connectivity index (χ4n) is 2.48. The summed E-state index contributed by atoms with van der Waals surface area (Å²) in [7, 11) is 0. The van der Waals surface area contributed by atoms with E-state index in [1.54, 1.807) is 24.3 Å². The highest BCUT2D eigenvalue weighted by molar-refractivity contribution is 5.94. The number of rotatable bonds is 11. The van der Waals surface area contributed by atoms with Gasteiger partial charge in [-0.3, -0.25) is 14.4 Å². The van der Waals surface area contributed by atoms with E-state index in [1.807, 2.05) is 6.07 Å². The lowest BCUT2D eigenvalue weighted by atomic mass is 10.1. The molecule has 11 heteroatoms. The van der Waals surface area contributed by atoms with Crippen LogP contribution >= 0.6 is 0 Å². The quantitative estimate of drug-likeness (QED) is 0.202. The lowest BCUT2D eigenvalue weighted by Crippen LogP contribution is -2.58. The third-order valence-electron chi connectivity index (χ3n) is 4.25. The van der Waals surface area contributed by atoms with Gasteiger partial charge >= 0.3 is 5.97 Å². The van der Waals surface area contributed by atoms with E-state index in [2.05, 4.69) is 16.0 Å². The molecule has 0 aliphatic rings. The van der Waals surface area contributed by atoms with E-state index in [9.17, 15) is 29.4 Å². The molecule has 1 rings (SSSR count). The Hall–Kier alpha value is -3.02. The lowest BCUT2D eigenvalue weighted by molar-refractivity contribution is -0.145. The van der Waals surface area contributed by atoms with Gasteiger partial charge in [0.05, 0.1) is 18.8 Å². The molecule has 0 aromatic heterocycles. The van der Waals surface area contributed by atoms with Gasteiger partial charge in [-0.1, -0.05) is 30.3 Å². The standard InChI is InChI=1S/C19H28N4O7/c1-10(16(26)23-15(11(2)25)19(29)30)21-18(28)14(9-24)22-17(27)13(20)8-12-6-4-3-5-7-12/h3-7,10-11,13-15,24-25H,8-9,20H2,1-2H3,(H,21,28)(H,22,27)(H,23,26)(H,29,30)/t10-,11+,13-,14-,15-/m0/s1. The number of amides is 3. The molecule has 0 bridgehead atoms. The second-order valence-electron chi connectivity index (χ2n) is 6.84. The van der Waals surface area contributed by atoms with Crippen molar-refractivity contribution in [2.45, 2.75) is 50.5 Å². The molecule has 0 aliphatic heterocycles. The first-order valence-electron chi connectivity index (χ1n) is 9.29. The van der Waals surface area contributed by atoms with Crippen LogP contribution in [0.25, 0.3) is 0 Å². The number of hydrogen-bond acceptors (Lipinski definition) is 7. The zero-order valence-corrected chi connectivity index (χ0v) is 16.7. The molecular formula is C19H28N4O7. The van der Waals surface area contributed by atoms with Crippen LogP contribution in [0.15, 0.2) is 30.3 Å². The molecule has 11 nitrogen and oxygen atoms in total. The summed E-state index contributed by atoms with van der Waals surface area (Å²) < 4.78 is 0. The molecule has 8 N–H and O–H groups in total. The van der Waals surface area contributed by atoms with E-state index in [0.29, 0.717) is 0 Å². The van der Waals surface area contributed by atoms with Gasteiger partial charge in [-0.2, -0.15) is 0 Å². The summed E-state index contributed by atoms with van der Waals surface area (Å²) in [6.07, 6.45) is -1.13. The number of nitrogens with two attached hydrogens (primary N) is 1. The summed E-state index contributed by atoms with van der Waals surface area (Å²) in [5.74, 6) is -3.82. The van der Waals surface area contributed by atoms with Crippen LogP contribution in [-0.2, 0) is 25.6 Å². The molecule has 0 fully saturated rings. The number of aliphatic hydroxyl groups excluding tert-OH is 2. The summed E-state index contributed by atoms with van der Waals surface area (Å²) in [5.41, 5.74) is 6.67. The SMILES string of the molecule is C[C@H](NC(=O)[C@H](CO)NC(=O)[C@@H](N)Cc1ccccc1)C(=O)N[C@H](C(=O)O)[C@@H](C)O. The number of carboxylic acid groups (broad SMARTS) is 1. The number of carbonyl (C=O) groups is 4. The fourth-order valence-corrected chi connectivity index (χ4v) is 2.48. The molecule has 0 heterocycles. The van der Waals surface area contributed by atoms with E-state index < -0.39 is 60.6 Å². The number of aliphatic carboxylic acids is 1. The smallest absolute Gasteiger partial charge is 0.328 e. The van der Waals surface area contributed by atoms with Gasteiger partial charge in [-0.05, 0) is 25.8 Å². The van der Waals surface area contributed by atoms with Crippen molar-refractivity contribution in [1.29, 1.82) is 0 Å². The molecule has 0 aliphatic carbocycles. The number of benzene rings is 1. The van der Waals surface area contributed by atoms with Gasteiger partial charge in [0.25, 0.3) is 0 Å². The normalized spacial score (nSPS) is 15.8. The second kappa shape index (κ2) is 11.9. The van der Waals surface area contributed by atoms with Crippen molar-refractivity contribution in [2.75, 3.05) is 6.61 Å². The largest absolute Gasteiger partial charge is 0.480 e. The Morgan fingerprint density at radius 2 is 1.57 bits per heavy atom. The maximum absolute atomic E-state index is 12.3. The Bertz CT molecular complexity index is 742. The molecule has 1 aromatic carbocycles. The molecule has 1 aromatic rings. The van der Waals surface area contributed by atoms with Crippen molar-refractivity contribution in [3.8, 4) is 0 Å². The van der Waals surface area contributed by atoms with Crippen molar-refractivity contribution < 1.29 is 34.5 Å². The molecule has 30 heavy (non-hydrogen) atoms. The van der Waals surface area contributed by atoms with Crippen LogP contribution in [-0.4, -0.2) is 75.9 Å². The Labute approximate surface area is 173 Å². The van der Waals surface area contributed by atoms with Crippen LogP contribution in [0, 0.1) is 0 Å². The van der Waals surface area contributed by atoms with Crippen LogP contribution in [0.2, 0.25) is 0 Å². The van der Waals surface area contributed by atoms with Gasteiger partial charge in [0.15, 0.2) is 6.04 Å². The molecule has 0 saturated heterocycles. The Balaban J connectivity index is 2.63. The molecule has 0 spiro atoms. The molecule has 166 valence electrons. The molecule has 5 atom stereocenters. The summed E-state index contributed by atoms with van der Waals surface area (Å²) in [6.45, 7) is 1.74. The number of carbonyl (C=O) groups excluding carboxylic acids is 3. The van der Waals surface area contributed by atoms with Gasteiger partial charge in [-0.25, -0.2) is 4.79 Å². The van der Waals surface area contributed by atoms with Crippen molar-refractivity contribution in [2.24, 2.45) is 5.73 Å². The molecular weight excluding hydrogens is 396 g/mol. The van der Waals surface area contributed by atoms with E-state index in [4.69, 9.17) is 10.8 Å². The summed E-state index contributed by atoms with van der Waals surface area (Å²) in [6, 6.07) is 3.93. The topological polar surface area (TPSA) is 191 Å². The van der Waals surface area contributed by atoms with Crippen molar-refractivity contribution >= 4 is 23.7 Å². The van der Waals surface area contributed by atoms with Crippen molar-refractivity contribution in [1.82, 2.24) is 16.0 Å². The Morgan fingerprint density at radius 3 is 2.07 bits per heavy atom. The summed E-state index contributed by atoms with van der Waals surface area (Å²) in [5, 5.41) is 34.5. The maximum atomic E-state index is 12.3. The second-order valence-corrected chi connectivity index (χ2v) is 6.84. The zero-order valence-electron chi connectivity index (χ0n) is 16.7. The van der Waals surface area contributed by atoms with Crippen LogP contribution in [0.3, 0.4) is 0 Å². The highest BCUT2D eigenvalue weighted by atomic mass is 16.4. The van der Waals surface area contributed by atoms with Gasteiger partial charge in [-0.15, -0.1) is 0 Å².